The summed E-state index contributed by atoms with van der Waals surface area (Å²) in [7, 11) is 1.29. The second kappa shape index (κ2) is 4.08. The number of carboxylic acid groups (broad SMARTS) is 1. The van der Waals surface area contributed by atoms with Crippen LogP contribution in [0, 0.1) is 0 Å². The molecule has 0 aromatic carbocycles. The monoisotopic (exact) mass is 272 g/mol. The molecule has 1 unspecified atom stereocenters. The van der Waals surface area contributed by atoms with Crippen molar-refractivity contribution in [3.63, 3.8) is 0 Å². The molecule has 1 saturated heterocycles. The zero-order valence-corrected chi connectivity index (χ0v) is 10.6. The maximum absolute atomic E-state index is 11.9. The summed E-state index contributed by atoms with van der Waals surface area (Å²) in [4.78, 5) is 35.5. The van der Waals surface area contributed by atoms with Crippen LogP contribution in [0.25, 0.3) is 0 Å². The van der Waals surface area contributed by atoms with E-state index < -0.39 is 23.0 Å². The minimum absolute atomic E-state index is 0.121. The first kappa shape index (κ1) is 13.1. The van der Waals surface area contributed by atoms with Crippen molar-refractivity contribution in [1.29, 1.82) is 0 Å². The van der Waals surface area contributed by atoms with E-state index in [1.807, 2.05) is 0 Å². The summed E-state index contributed by atoms with van der Waals surface area (Å²) in [5.74, 6) is -2.11. The first-order valence-electron chi connectivity index (χ1n) is 5.11. The van der Waals surface area contributed by atoms with Crippen LogP contribution >= 0.6 is 11.8 Å². The largest absolute Gasteiger partial charge is 0.477 e. The van der Waals surface area contributed by atoms with Gasteiger partial charge in [-0.3, -0.25) is 20.2 Å². The van der Waals surface area contributed by atoms with E-state index in [0.29, 0.717) is 0 Å². The quantitative estimate of drug-likeness (QED) is 0.507. The fourth-order valence-electron chi connectivity index (χ4n) is 2.01. The maximum atomic E-state index is 11.9. The number of ether oxygens (including phenoxy) is 1. The Kier molecular flexibility index (Phi) is 2.96. The molecule has 0 radical (unpaired) electrons. The number of Topliss-reactive ketones (excluding diaryl/α,β-unsaturated/α-hetero) is 1. The predicted molar refractivity (Wildman–Crippen MR) is 62.4 cm³/mol. The minimum atomic E-state index is -1.51. The molecule has 8 heteroatoms. The number of carbonyl (C=O) groups excluding carboxylic acids is 2. The highest BCUT2D eigenvalue weighted by Gasteiger charge is 2.63. The molecule has 2 atom stereocenters. The lowest BCUT2D eigenvalue weighted by molar-refractivity contribution is -0.182. The van der Waals surface area contributed by atoms with E-state index in [0.717, 1.165) is 4.90 Å². The van der Waals surface area contributed by atoms with Crippen LogP contribution in [0.2, 0.25) is 0 Å². The van der Waals surface area contributed by atoms with E-state index in [4.69, 9.17) is 15.6 Å². The van der Waals surface area contributed by atoms with Crippen LogP contribution < -0.4 is 5.73 Å². The summed E-state index contributed by atoms with van der Waals surface area (Å²) < 4.78 is 4.94. The van der Waals surface area contributed by atoms with E-state index in [2.05, 4.69) is 0 Å². The molecule has 1 amide bonds. The first-order valence-corrected chi connectivity index (χ1v) is 6.16. The van der Waals surface area contributed by atoms with Crippen molar-refractivity contribution < 1.29 is 24.2 Å². The van der Waals surface area contributed by atoms with E-state index in [9.17, 15) is 14.4 Å². The third-order valence-corrected chi connectivity index (χ3v) is 4.36. The van der Waals surface area contributed by atoms with Gasteiger partial charge in [0.15, 0.2) is 5.78 Å². The molecule has 2 aliphatic heterocycles. The molecule has 3 N–H and O–H groups in total. The predicted octanol–water partition coefficient (Wildman–Crippen LogP) is -0.869. The van der Waals surface area contributed by atoms with Gasteiger partial charge in [-0.25, -0.2) is 4.79 Å². The average Bonchev–Trinajstić information content (AvgIpc) is 2.34. The maximum Gasteiger partial charge on any atom is 0.353 e. The highest BCUT2D eigenvalue weighted by molar-refractivity contribution is 8.00. The lowest BCUT2D eigenvalue weighted by Crippen LogP contribution is -2.78. The van der Waals surface area contributed by atoms with Gasteiger partial charge >= 0.3 is 5.97 Å². The van der Waals surface area contributed by atoms with Crippen molar-refractivity contribution in [2.24, 2.45) is 5.73 Å². The molecule has 98 valence electrons. The van der Waals surface area contributed by atoms with Gasteiger partial charge < -0.3 is 9.84 Å². The Morgan fingerprint density at radius 3 is 2.67 bits per heavy atom. The number of nitrogens with two attached hydrogens (primary N) is 1. The van der Waals surface area contributed by atoms with Gasteiger partial charge in [0.2, 0.25) is 5.72 Å². The van der Waals surface area contributed by atoms with Gasteiger partial charge in [0.05, 0.1) is 0 Å². The molecule has 7 nitrogen and oxygen atoms in total. The third-order valence-electron chi connectivity index (χ3n) is 3.03. The Labute approximate surface area is 107 Å². The van der Waals surface area contributed by atoms with Gasteiger partial charge in [-0.05, 0) is 6.92 Å². The summed E-state index contributed by atoms with van der Waals surface area (Å²) in [5, 5.41) is 8.54. The Morgan fingerprint density at radius 1 is 1.61 bits per heavy atom. The van der Waals surface area contributed by atoms with E-state index in [1.54, 1.807) is 0 Å². The first-order chi connectivity index (χ1) is 8.34. The number of carboxylic acids is 1. The molecule has 0 bridgehead atoms. The minimum Gasteiger partial charge on any atom is -0.477 e. The van der Waals surface area contributed by atoms with Crippen molar-refractivity contribution >= 4 is 29.4 Å². The number of rotatable bonds is 3. The smallest absolute Gasteiger partial charge is 0.353 e. The van der Waals surface area contributed by atoms with Crippen molar-refractivity contribution in [3.05, 3.63) is 11.3 Å². The van der Waals surface area contributed by atoms with Gasteiger partial charge in [-0.15, -0.1) is 11.8 Å². The Bertz CT molecular complexity index is 489. The fraction of sp³-hybridized carbons (Fsp3) is 0.500. The van der Waals surface area contributed by atoms with Crippen molar-refractivity contribution in [3.8, 4) is 0 Å². The summed E-state index contributed by atoms with van der Waals surface area (Å²) in [6, 6.07) is 0. The van der Waals surface area contributed by atoms with Crippen LogP contribution in [0.5, 0.6) is 0 Å². The normalized spacial score (nSPS) is 30.9. The van der Waals surface area contributed by atoms with Gasteiger partial charge in [0.25, 0.3) is 5.91 Å². The van der Waals surface area contributed by atoms with Gasteiger partial charge in [-0.2, -0.15) is 0 Å². The number of thioether (sulfide) groups is 1. The molecule has 0 aromatic heterocycles. The van der Waals surface area contributed by atoms with E-state index in [-0.39, 0.29) is 22.8 Å². The molecule has 18 heavy (non-hydrogen) atoms. The molecule has 2 rings (SSSR count). The van der Waals surface area contributed by atoms with Gasteiger partial charge in [-0.1, -0.05) is 0 Å². The van der Waals surface area contributed by atoms with Crippen LogP contribution in [0.3, 0.4) is 0 Å². The third kappa shape index (κ3) is 1.49. The second-order valence-electron chi connectivity index (χ2n) is 4.02. The zero-order chi connectivity index (χ0) is 13.7. The zero-order valence-electron chi connectivity index (χ0n) is 9.80. The SMILES string of the molecule is COC1(N)C(=O)N2C(C(=O)O)=C(C(C)=O)CS[C@H]21. The highest BCUT2D eigenvalue weighted by Crippen LogP contribution is 2.45. The number of methoxy groups -OCH3 is 1. The Balaban J connectivity index is 2.47. The number of hydrogen-bond acceptors (Lipinski definition) is 6. The molecule has 0 spiro atoms. The number of amides is 1. The molecule has 1 fully saturated rings. The summed E-state index contributed by atoms with van der Waals surface area (Å²) >= 11 is 1.22. The molecule has 2 aliphatic rings. The Morgan fingerprint density at radius 2 is 2.22 bits per heavy atom. The summed E-state index contributed by atoms with van der Waals surface area (Å²) in [6.07, 6.45) is 0. The number of fused-ring (bicyclic) bond motifs is 1. The highest BCUT2D eigenvalue weighted by atomic mass is 32.2. The molecular weight excluding hydrogens is 260 g/mol. The standard InChI is InChI=1S/C10H12N2O5S/c1-4(13)5-3-18-9-10(11,17-2)8(16)12(9)6(5)7(14)15/h9H,3,11H2,1-2H3,(H,14,15)/t9-,10?/m0/s1. The van der Waals surface area contributed by atoms with Crippen LogP contribution in [0.4, 0.5) is 0 Å². The number of β-lactam (4-membered cyclic amide) rings is 1. The molecule has 2 heterocycles. The topological polar surface area (TPSA) is 110 Å². The molecule has 0 aliphatic carbocycles. The number of hydrogen-bond donors (Lipinski definition) is 2. The van der Waals surface area contributed by atoms with E-state index in [1.165, 1.54) is 25.8 Å². The van der Waals surface area contributed by atoms with Gasteiger partial charge in [0, 0.05) is 18.4 Å². The number of nitrogens with zero attached hydrogens (tertiary/aromatic N) is 1. The Hall–Kier alpha value is -1.38. The lowest BCUT2D eigenvalue weighted by Gasteiger charge is -2.53. The van der Waals surface area contributed by atoms with Gasteiger partial charge in [0.1, 0.15) is 11.1 Å². The van der Waals surface area contributed by atoms with Crippen LogP contribution in [0.1, 0.15) is 6.92 Å². The molecular formula is C10H12N2O5S. The van der Waals surface area contributed by atoms with Crippen molar-refractivity contribution in [1.82, 2.24) is 4.90 Å². The second-order valence-corrected chi connectivity index (χ2v) is 5.09. The van der Waals surface area contributed by atoms with Crippen LogP contribution in [-0.2, 0) is 19.1 Å². The number of ketones is 1. The molecule has 0 aromatic rings. The molecule has 0 saturated carbocycles. The van der Waals surface area contributed by atoms with Crippen molar-refractivity contribution in [2.45, 2.75) is 18.0 Å². The number of carbonyl (C=O) groups is 3. The fourth-order valence-corrected chi connectivity index (χ4v) is 3.47. The average molecular weight is 272 g/mol. The van der Waals surface area contributed by atoms with Crippen molar-refractivity contribution in [2.75, 3.05) is 12.9 Å². The van der Waals surface area contributed by atoms with E-state index >= 15 is 0 Å². The summed E-state index contributed by atoms with van der Waals surface area (Å²) in [5.41, 5.74) is 4.08. The van der Waals surface area contributed by atoms with Crippen LogP contribution in [0.15, 0.2) is 11.3 Å². The van der Waals surface area contributed by atoms with Crippen LogP contribution in [-0.4, -0.2) is 51.6 Å². The summed E-state index contributed by atoms with van der Waals surface area (Å²) in [6.45, 7) is 1.27. The lowest BCUT2D eigenvalue weighted by atomic mass is 9.98. The number of aliphatic carboxylic acids is 1.